The normalized spacial score (nSPS) is 21.3. The molecule has 1 saturated heterocycles. The van der Waals surface area contributed by atoms with Gasteiger partial charge in [-0.25, -0.2) is 5.01 Å². The van der Waals surface area contributed by atoms with Crippen LogP contribution < -0.4 is 11.1 Å². The predicted molar refractivity (Wildman–Crippen MR) is 68.1 cm³/mol. The first-order valence-electron chi connectivity index (χ1n) is 6.09. The maximum Gasteiger partial charge on any atom is 0.277 e. The second-order valence-electron chi connectivity index (χ2n) is 4.50. The minimum atomic E-state index is -0.505. The van der Waals surface area contributed by atoms with Gasteiger partial charge in [0.05, 0.1) is 10.5 Å². The maximum atomic E-state index is 11.4. The van der Waals surface area contributed by atoms with Gasteiger partial charge in [0.15, 0.2) is 5.78 Å². The maximum absolute atomic E-state index is 11.4. The van der Waals surface area contributed by atoms with Gasteiger partial charge in [-0.1, -0.05) is 0 Å². The van der Waals surface area contributed by atoms with E-state index >= 15 is 0 Å². The van der Waals surface area contributed by atoms with Crippen molar-refractivity contribution in [3.63, 3.8) is 0 Å². The lowest BCUT2D eigenvalue weighted by Crippen LogP contribution is -2.54. The number of nitrogens with one attached hydrogen (secondary N) is 1. The second kappa shape index (κ2) is 5.37. The molecule has 8 heteroatoms. The van der Waals surface area contributed by atoms with E-state index in [1.165, 1.54) is 13.0 Å². The third-order valence-electron chi connectivity index (χ3n) is 3.24. The van der Waals surface area contributed by atoms with E-state index in [-0.39, 0.29) is 23.6 Å². The van der Waals surface area contributed by atoms with Crippen molar-refractivity contribution in [3.05, 3.63) is 33.3 Å². The van der Waals surface area contributed by atoms with E-state index in [1.54, 1.807) is 5.01 Å². The molecule has 0 bridgehead atoms. The van der Waals surface area contributed by atoms with Crippen molar-refractivity contribution >= 4 is 5.78 Å². The number of nitrogens with zero attached hydrogens (tertiary/aromatic N) is 3. The highest BCUT2D eigenvalue weighted by molar-refractivity contribution is 5.96. The van der Waals surface area contributed by atoms with Crippen molar-refractivity contribution in [3.8, 4) is 0 Å². The van der Waals surface area contributed by atoms with Crippen molar-refractivity contribution in [2.75, 3.05) is 32.7 Å². The lowest BCUT2D eigenvalue weighted by Gasteiger charge is -2.39. The van der Waals surface area contributed by atoms with Crippen LogP contribution in [0.4, 0.5) is 0 Å². The van der Waals surface area contributed by atoms with E-state index in [0.717, 1.165) is 26.2 Å². The Morgan fingerprint density at radius 2 is 2.11 bits per heavy atom. The van der Waals surface area contributed by atoms with Crippen LogP contribution in [0.2, 0.25) is 0 Å². The molecule has 0 saturated carbocycles. The Balaban J connectivity index is 2.27. The smallest absolute Gasteiger partial charge is 0.277 e. The number of hydrazine groups is 1. The second-order valence-corrected chi connectivity index (χ2v) is 4.50. The molecule has 2 heterocycles. The molecule has 0 aliphatic carbocycles. The highest BCUT2D eigenvalue weighted by Crippen LogP contribution is 2.21. The van der Waals surface area contributed by atoms with Gasteiger partial charge >= 0.3 is 0 Å². The fourth-order valence-electron chi connectivity index (χ4n) is 2.24. The molecule has 8 nitrogen and oxygen atoms in total. The average Bonchev–Trinajstić information content (AvgIpc) is 2.39. The van der Waals surface area contributed by atoms with Crippen LogP contribution in [0.1, 0.15) is 6.92 Å². The van der Waals surface area contributed by atoms with Gasteiger partial charge in [-0.3, -0.25) is 19.9 Å². The molecule has 2 aliphatic heterocycles. The Hall–Kier alpha value is -1.93. The fraction of sp³-hybridized carbons (Fsp3) is 0.545. The van der Waals surface area contributed by atoms with Gasteiger partial charge < -0.3 is 11.1 Å². The quantitative estimate of drug-likeness (QED) is 0.501. The molecular weight excluding hydrogens is 250 g/mol. The summed E-state index contributed by atoms with van der Waals surface area (Å²) >= 11 is 0. The fourth-order valence-corrected chi connectivity index (χ4v) is 2.24. The molecule has 0 amide bonds. The van der Waals surface area contributed by atoms with Gasteiger partial charge in [-0.2, -0.15) is 0 Å². The average molecular weight is 267 g/mol. The van der Waals surface area contributed by atoms with Crippen molar-refractivity contribution in [2.24, 2.45) is 5.73 Å². The molecule has 0 atom stereocenters. The molecule has 1 fully saturated rings. The topological polar surface area (TPSA) is 105 Å². The monoisotopic (exact) mass is 267 g/mol. The van der Waals surface area contributed by atoms with Gasteiger partial charge in [0.25, 0.3) is 5.70 Å². The van der Waals surface area contributed by atoms with Crippen molar-refractivity contribution in [1.82, 2.24) is 15.3 Å². The van der Waals surface area contributed by atoms with E-state index in [4.69, 9.17) is 5.73 Å². The van der Waals surface area contributed by atoms with Crippen LogP contribution in [0.25, 0.3) is 0 Å². The Kier molecular flexibility index (Phi) is 3.82. The summed E-state index contributed by atoms with van der Waals surface area (Å²) in [4.78, 5) is 22.0. The van der Waals surface area contributed by atoms with Gasteiger partial charge in [0.2, 0.25) is 0 Å². The number of hydrogen-bond donors (Lipinski definition) is 2. The summed E-state index contributed by atoms with van der Waals surface area (Å²) < 4.78 is 0. The summed E-state index contributed by atoms with van der Waals surface area (Å²) in [5, 5.41) is 17.9. The number of piperazine rings is 1. The van der Waals surface area contributed by atoms with Crippen LogP contribution in [0.15, 0.2) is 23.2 Å². The molecule has 2 aliphatic rings. The molecule has 0 aromatic rings. The Bertz CT molecular complexity index is 465. The van der Waals surface area contributed by atoms with Crippen LogP contribution >= 0.6 is 0 Å². The number of Topliss-reactive ketones (excluding diaryl/α,β-unsaturated/α-hetero) is 1. The van der Waals surface area contributed by atoms with Crippen LogP contribution in [0.3, 0.4) is 0 Å². The summed E-state index contributed by atoms with van der Waals surface area (Å²) in [6.07, 6.45) is 1.39. The number of ketones is 1. The summed E-state index contributed by atoms with van der Waals surface area (Å²) in [6, 6.07) is 0. The number of carbonyl (C=O) groups excluding carboxylic acids is 1. The molecule has 0 unspecified atom stereocenters. The largest absolute Gasteiger partial charge is 0.384 e. The lowest BCUT2D eigenvalue weighted by molar-refractivity contribution is -0.430. The number of rotatable bonds is 3. The zero-order valence-electron chi connectivity index (χ0n) is 10.8. The van der Waals surface area contributed by atoms with Crippen LogP contribution in [0.5, 0.6) is 0 Å². The molecule has 19 heavy (non-hydrogen) atoms. The number of nitrogens with two attached hydrogens (primary N) is 1. The van der Waals surface area contributed by atoms with Crippen LogP contribution in [0, 0.1) is 10.1 Å². The first kappa shape index (κ1) is 13.5. The minimum absolute atomic E-state index is 0.0320. The molecular formula is C11H17N5O3. The van der Waals surface area contributed by atoms with Gasteiger partial charge in [-0.15, -0.1) is 0 Å². The van der Waals surface area contributed by atoms with Gasteiger partial charge in [0.1, 0.15) is 12.4 Å². The number of hydrogen-bond acceptors (Lipinski definition) is 7. The summed E-state index contributed by atoms with van der Waals surface area (Å²) in [5.74, 6) is 0.0345. The van der Waals surface area contributed by atoms with Crippen LogP contribution in [-0.4, -0.2) is 53.4 Å². The highest BCUT2D eigenvalue weighted by Gasteiger charge is 2.32. The van der Waals surface area contributed by atoms with Gasteiger partial charge in [0, 0.05) is 26.2 Å². The summed E-state index contributed by atoms with van der Waals surface area (Å²) in [5.41, 5.74) is 5.91. The van der Waals surface area contributed by atoms with Gasteiger partial charge in [-0.05, 0) is 13.0 Å². The molecule has 0 aromatic carbocycles. The molecule has 3 N–H and O–H groups in total. The molecule has 2 rings (SSSR count). The van der Waals surface area contributed by atoms with Crippen molar-refractivity contribution in [2.45, 2.75) is 6.92 Å². The van der Waals surface area contributed by atoms with E-state index in [9.17, 15) is 14.9 Å². The number of allylic oxidation sites excluding steroid dienone is 2. The zero-order chi connectivity index (χ0) is 14.0. The summed E-state index contributed by atoms with van der Waals surface area (Å²) in [6.45, 7) is 4.42. The Morgan fingerprint density at radius 3 is 2.63 bits per heavy atom. The van der Waals surface area contributed by atoms with E-state index in [1.807, 2.05) is 5.01 Å². The standard InChI is InChI=1S/C11H17N5O3/c1-8(17)9-6-11(12)15(7-10(9)16(18)19)14-4-2-13-3-5-14/h6,13H,2-5,7,12H2,1H3. The molecule has 0 aromatic heterocycles. The molecule has 0 spiro atoms. The first-order chi connectivity index (χ1) is 9.00. The lowest BCUT2D eigenvalue weighted by atomic mass is 10.1. The number of carbonyl (C=O) groups is 1. The molecule has 104 valence electrons. The van der Waals surface area contributed by atoms with E-state index < -0.39 is 4.92 Å². The molecule has 0 radical (unpaired) electrons. The van der Waals surface area contributed by atoms with E-state index in [0.29, 0.717) is 5.82 Å². The predicted octanol–water partition coefficient (Wildman–Crippen LogP) is -0.958. The zero-order valence-corrected chi connectivity index (χ0v) is 10.8. The van der Waals surface area contributed by atoms with Crippen molar-refractivity contribution < 1.29 is 9.72 Å². The third kappa shape index (κ3) is 2.74. The van der Waals surface area contributed by atoms with Crippen molar-refractivity contribution in [1.29, 1.82) is 0 Å². The third-order valence-corrected chi connectivity index (χ3v) is 3.24. The first-order valence-corrected chi connectivity index (χ1v) is 6.09. The summed E-state index contributed by atoms with van der Waals surface area (Å²) in [7, 11) is 0. The van der Waals surface area contributed by atoms with E-state index in [2.05, 4.69) is 5.32 Å². The Morgan fingerprint density at radius 1 is 1.47 bits per heavy atom. The minimum Gasteiger partial charge on any atom is -0.384 e. The highest BCUT2D eigenvalue weighted by atomic mass is 16.6. The number of nitro groups is 1. The Labute approximate surface area is 110 Å². The SMILES string of the molecule is CC(=O)C1=C([N+](=O)[O-])CN(N2CCNCC2)C(N)=C1. The van der Waals surface area contributed by atoms with Crippen LogP contribution in [-0.2, 0) is 4.79 Å².